The lowest BCUT2D eigenvalue weighted by atomic mass is 10.2. The molecular weight excluding hydrogens is 420 g/mol. The van der Waals surface area contributed by atoms with Crippen LogP contribution in [-0.4, -0.2) is 68.3 Å². The first-order valence-corrected chi connectivity index (χ1v) is 11.4. The summed E-state index contributed by atoms with van der Waals surface area (Å²) in [4.78, 5) is 24.5. The Labute approximate surface area is 191 Å². The molecule has 1 aliphatic rings. The van der Waals surface area contributed by atoms with E-state index in [0.717, 1.165) is 62.6 Å². The number of pyridine rings is 1. The van der Waals surface area contributed by atoms with Gasteiger partial charge in [0.2, 0.25) is 0 Å². The van der Waals surface area contributed by atoms with Crippen molar-refractivity contribution in [3.63, 3.8) is 0 Å². The molecule has 0 amide bonds. The van der Waals surface area contributed by atoms with Gasteiger partial charge in [-0.05, 0) is 38.0 Å². The van der Waals surface area contributed by atoms with Crippen LogP contribution in [0, 0.1) is 6.92 Å². The third kappa shape index (κ3) is 4.60. The fraction of sp³-hybridized carbons (Fsp3) is 0.417. The maximum Gasteiger partial charge on any atom is 0.258 e. The number of hydrogen-bond acceptors (Lipinski definition) is 7. The van der Waals surface area contributed by atoms with Gasteiger partial charge >= 0.3 is 0 Å². The third-order valence-corrected chi connectivity index (χ3v) is 5.87. The fourth-order valence-corrected chi connectivity index (χ4v) is 4.17. The van der Waals surface area contributed by atoms with Crippen LogP contribution in [0.3, 0.4) is 0 Å². The quantitative estimate of drug-likeness (QED) is 0.401. The molecule has 4 aromatic heterocycles. The van der Waals surface area contributed by atoms with Gasteiger partial charge in [-0.25, -0.2) is 9.50 Å². The van der Waals surface area contributed by atoms with Gasteiger partial charge in [0.1, 0.15) is 17.1 Å². The maximum absolute atomic E-state index is 12.9. The lowest BCUT2D eigenvalue weighted by molar-refractivity contribution is 0.0358. The van der Waals surface area contributed by atoms with Crippen molar-refractivity contribution in [2.45, 2.75) is 26.7 Å². The van der Waals surface area contributed by atoms with Crippen LogP contribution in [-0.2, 0) is 11.2 Å². The molecule has 0 aromatic carbocycles. The van der Waals surface area contributed by atoms with Crippen LogP contribution in [0.2, 0.25) is 0 Å². The van der Waals surface area contributed by atoms with Crippen molar-refractivity contribution < 1.29 is 9.47 Å². The Morgan fingerprint density at radius 3 is 2.76 bits per heavy atom. The molecule has 0 N–H and O–H groups in total. The topological polar surface area (TPSA) is 86.3 Å². The Kier molecular flexibility index (Phi) is 6.06. The SMILES string of the molecule is CCc1nc(C)cn2nc(-c3cc(=O)n4cc(OCCCN5CCOCC5)ccc4n3)cc12. The second-order valence-corrected chi connectivity index (χ2v) is 8.27. The van der Waals surface area contributed by atoms with E-state index in [1.54, 1.807) is 12.3 Å². The summed E-state index contributed by atoms with van der Waals surface area (Å²) < 4.78 is 14.6. The average molecular weight is 449 g/mol. The van der Waals surface area contributed by atoms with E-state index in [9.17, 15) is 4.79 Å². The van der Waals surface area contributed by atoms with Gasteiger partial charge in [-0.3, -0.25) is 19.1 Å². The van der Waals surface area contributed by atoms with Crippen molar-refractivity contribution in [2.75, 3.05) is 39.5 Å². The average Bonchev–Trinajstić information content (AvgIpc) is 3.26. The van der Waals surface area contributed by atoms with Crippen LogP contribution in [0.25, 0.3) is 22.6 Å². The minimum absolute atomic E-state index is 0.171. The molecule has 0 unspecified atom stereocenters. The smallest absolute Gasteiger partial charge is 0.258 e. The van der Waals surface area contributed by atoms with Crippen molar-refractivity contribution in [2.24, 2.45) is 0 Å². The summed E-state index contributed by atoms with van der Waals surface area (Å²) in [7, 11) is 0. The summed E-state index contributed by atoms with van der Waals surface area (Å²) in [5.41, 5.74) is 4.39. The van der Waals surface area contributed by atoms with Crippen LogP contribution in [0.15, 0.2) is 41.5 Å². The predicted molar refractivity (Wildman–Crippen MR) is 125 cm³/mol. The van der Waals surface area contributed by atoms with Gasteiger partial charge in [0, 0.05) is 25.7 Å². The Bertz CT molecular complexity index is 1340. The van der Waals surface area contributed by atoms with Crippen LogP contribution in [0.4, 0.5) is 0 Å². The summed E-state index contributed by atoms with van der Waals surface area (Å²) in [5, 5.41) is 4.64. The third-order valence-electron chi connectivity index (χ3n) is 5.87. The highest BCUT2D eigenvalue weighted by molar-refractivity contribution is 5.66. The Hall–Kier alpha value is -3.30. The molecule has 0 aliphatic carbocycles. The van der Waals surface area contributed by atoms with Gasteiger partial charge in [-0.2, -0.15) is 5.10 Å². The Balaban J connectivity index is 1.34. The summed E-state index contributed by atoms with van der Waals surface area (Å²) >= 11 is 0. The maximum atomic E-state index is 12.9. The van der Waals surface area contributed by atoms with E-state index in [4.69, 9.17) is 9.47 Å². The normalized spacial score (nSPS) is 14.8. The molecule has 4 aromatic rings. The van der Waals surface area contributed by atoms with Crippen molar-refractivity contribution >= 4 is 11.2 Å². The minimum atomic E-state index is -0.171. The van der Waals surface area contributed by atoms with E-state index in [0.29, 0.717) is 29.4 Å². The largest absolute Gasteiger partial charge is 0.492 e. The summed E-state index contributed by atoms with van der Waals surface area (Å²) in [6, 6.07) is 7.12. The molecule has 9 heteroatoms. The predicted octanol–water partition coefficient (Wildman–Crippen LogP) is 2.38. The zero-order chi connectivity index (χ0) is 22.8. The van der Waals surface area contributed by atoms with Crippen LogP contribution in [0.5, 0.6) is 5.75 Å². The van der Waals surface area contributed by atoms with Gasteiger partial charge in [0.05, 0.1) is 54.8 Å². The number of aromatic nitrogens is 5. The number of aryl methyl sites for hydroxylation is 2. The van der Waals surface area contributed by atoms with Crippen molar-refractivity contribution in [1.82, 2.24) is 28.9 Å². The molecule has 0 bridgehead atoms. The van der Waals surface area contributed by atoms with Crippen molar-refractivity contribution in [3.05, 3.63) is 58.4 Å². The number of ether oxygens (including phenoxy) is 2. The molecule has 1 aliphatic heterocycles. The molecule has 0 atom stereocenters. The van der Waals surface area contributed by atoms with Crippen LogP contribution < -0.4 is 10.3 Å². The summed E-state index contributed by atoms with van der Waals surface area (Å²) in [6.07, 6.45) is 5.31. The highest BCUT2D eigenvalue weighted by atomic mass is 16.5. The zero-order valence-electron chi connectivity index (χ0n) is 19.0. The van der Waals surface area contributed by atoms with Gasteiger partial charge in [0.25, 0.3) is 5.56 Å². The standard InChI is InChI=1S/C24H28N6O3/c1-3-19-22-13-21(27-30(22)15-17(2)25-19)20-14-24(31)29-16-18(5-6-23(29)26-20)33-10-4-7-28-8-11-32-12-9-28/h5-6,13-16H,3-4,7-12H2,1-2H3. The van der Waals surface area contributed by atoms with E-state index < -0.39 is 0 Å². The molecular formula is C24H28N6O3. The monoisotopic (exact) mass is 448 g/mol. The fourth-order valence-electron chi connectivity index (χ4n) is 4.17. The molecule has 1 saturated heterocycles. The minimum Gasteiger partial charge on any atom is -0.492 e. The zero-order valence-corrected chi connectivity index (χ0v) is 19.0. The number of fused-ring (bicyclic) bond motifs is 2. The van der Waals surface area contributed by atoms with E-state index in [1.165, 1.54) is 10.5 Å². The van der Waals surface area contributed by atoms with Gasteiger partial charge in [0.15, 0.2) is 0 Å². The molecule has 33 heavy (non-hydrogen) atoms. The van der Waals surface area contributed by atoms with Gasteiger partial charge in [-0.1, -0.05) is 6.92 Å². The molecule has 0 radical (unpaired) electrons. The van der Waals surface area contributed by atoms with Crippen LogP contribution >= 0.6 is 0 Å². The Morgan fingerprint density at radius 2 is 1.94 bits per heavy atom. The first kappa shape index (κ1) is 21.5. The molecule has 0 saturated carbocycles. The lowest BCUT2D eigenvalue weighted by Gasteiger charge is -2.26. The molecule has 1 fully saturated rings. The molecule has 9 nitrogen and oxygen atoms in total. The first-order chi connectivity index (χ1) is 16.1. The van der Waals surface area contributed by atoms with E-state index >= 15 is 0 Å². The van der Waals surface area contributed by atoms with E-state index in [1.807, 2.05) is 29.8 Å². The molecule has 172 valence electrons. The summed E-state index contributed by atoms with van der Waals surface area (Å²) in [6.45, 7) is 9.14. The highest BCUT2D eigenvalue weighted by Crippen LogP contribution is 2.21. The second kappa shape index (κ2) is 9.29. The van der Waals surface area contributed by atoms with Gasteiger partial charge < -0.3 is 9.47 Å². The molecule has 5 rings (SSSR count). The Morgan fingerprint density at radius 1 is 1.09 bits per heavy atom. The van der Waals surface area contributed by atoms with Crippen molar-refractivity contribution in [1.29, 1.82) is 0 Å². The number of hydrogen-bond donors (Lipinski definition) is 0. The number of nitrogens with zero attached hydrogens (tertiary/aromatic N) is 6. The van der Waals surface area contributed by atoms with Crippen LogP contribution in [0.1, 0.15) is 24.7 Å². The second-order valence-electron chi connectivity index (χ2n) is 8.27. The number of morpholine rings is 1. The van der Waals surface area contributed by atoms with Gasteiger partial charge in [-0.15, -0.1) is 0 Å². The highest BCUT2D eigenvalue weighted by Gasteiger charge is 2.13. The first-order valence-electron chi connectivity index (χ1n) is 11.4. The molecule has 0 spiro atoms. The summed E-state index contributed by atoms with van der Waals surface area (Å²) in [5.74, 6) is 0.656. The lowest BCUT2D eigenvalue weighted by Crippen LogP contribution is -2.37. The number of rotatable bonds is 7. The molecule has 5 heterocycles. The van der Waals surface area contributed by atoms with Crippen molar-refractivity contribution in [3.8, 4) is 17.1 Å². The van der Waals surface area contributed by atoms with E-state index in [2.05, 4.69) is 26.9 Å². The van der Waals surface area contributed by atoms with E-state index in [-0.39, 0.29) is 5.56 Å².